The largest absolute Gasteiger partial charge is 0.497 e. The van der Waals surface area contributed by atoms with Crippen molar-refractivity contribution in [2.24, 2.45) is 0 Å². The molecule has 1 aromatic carbocycles. The molecule has 0 radical (unpaired) electrons. The number of carbonyl (C=O) groups is 3. The molecule has 3 rings (SSSR count). The van der Waals surface area contributed by atoms with Gasteiger partial charge in [0.05, 0.1) is 12.0 Å². The summed E-state index contributed by atoms with van der Waals surface area (Å²) in [5.74, 6) is -0.367. The Morgan fingerprint density at radius 2 is 1.87 bits per heavy atom. The highest BCUT2D eigenvalue weighted by Crippen LogP contribution is 2.34. The highest BCUT2D eigenvalue weighted by atomic mass is 32.2. The Balaban J connectivity index is 1.86. The van der Waals surface area contributed by atoms with Crippen LogP contribution in [0.2, 0.25) is 0 Å². The Morgan fingerprint density at radius 1 is 1.16 bits per heavy atom. The van der Waals surface area contributed by atoms with Gasteiger partial charge in [0.2, 0.25) is 0 Å². The van der Waals surface area contributed by atoms with Crippen LogP contribution in [-0.4, -0.2) is 45.8 Å². The van der Waals surface area contributed by atoms with E-state index in [0.717, 1.165) is 45.1 Å². The summed E-state index contributed by atoms with van der Waals surface area (Å²) >= 11 is 0.824. The van der Waals surface area contributed by atoms with Crippen molar-refractivity contribution in [3.8, 4) is 11.4 Å². The van der Waals surface area contributed by atoms with Gasteiger partial charge in [-0.2, -0.15) is 0 Å². The maximum Gasteiger partial charge on any atom is 0.326 e. The third kappa shape index (κ3) is 5.02. The highest BCUT2D eigenvalue weighted by Gasteiger charge is 2.37. The first-order valence-corrected chi connectivity index (χ1v) is 10.6. The van der Waals surface area contributed by atoms with E-state index in [1.165, 1.54) is 0 Å². The smallest absolute Gasteiger partial charge is 0.326 e. The van der Waals surface area contributed by atoms with Crippen LogP contribution in [0.5, 0.6) is 5.75 Å². The number of aryl methyl sites for hydroxylation is 1. The summed E-state index contributed by atoms with van der Waals surface area (Å²) in [4.78, 5) is 38.4. The maximum absolute atomic E-state index is 12.8. The third-order valence-electron chi connectivity index (χ3n) is 4.65. The molecule has 31 heavy (non-hydrogen) atoms. The molecule has 0 unspecified atom stereocenters. The van der Waals surface area contributed by atoms with Gasteiger partial charge in [-0.15, -0.1) is 0 Å². The number of carbonyl (C=O) groups excluding carboxylic acids is 3. The first-order valence-electron chi connectivity index (χ1n) is 9.81. The number of esters is 1. The Hall–Kier alpha value is -3.00. The first-order chi connectivity index (χ1) is 14.5. The Bertz CT molecular complexity index is 1080. The fourth-order valence-electron chi connectivity index (χ4n) is 3.36. The predicted molar refractivity (Wildman–Crippen MR) is 120 cm³/mol. The van der Waals surface area contributed by atoms with E-state index < -0.39 is 29.3 Å². The number of amides is 2. The summed E-state index contributed by atoms with van der Waals surface area (Å²) in [6, 6.07) is 9.64. The molecule has 0 atom stereocenters. The van der Waals surface area contributed by atoms with Gasteiger partial charge in [0, 0.05) is 23.1 Å². The van der Waals surface area contributed by atoms with Crippen LogP contribution in [0.1, 0.15) is 37.7 Å². The first kappa shape index (κ1) is 22.7. The van der Waals surface area contributed by atoms with Crippen molar-refractivity contribution in [1.29, 1.82) is 0 Å². The van der Waals surface area contributed by atoms with Crippen LogP contribution in [0.4, 0.5) is 4.79 Å². The normalized spacial score (nSPS) is 15.7. The van der Waals surface area contributed by atoms with Crippen molar-refractivity contribution < 1.29 is 23.9 Å². The summed E-state index contributed by atoms with van der Waals surface area (Å²) in [7, 11) is 1.62. The fraction of sp³-hybridized carbons (Fsp3) is 0.348. The molecule has 0 bridgehead atoms. The zero-order valence-electron chi connectivity index (χ0n) is 18.5. The van der Waals surface area contributed by atoms with E-state index in [2.05, 4.69) is 4.57 Å². The Kier molecular flexibility index (Phi) is 6.31. The van der Waals surface area contributed by atoms with Crippen LogP contribution in [0, 0.1) is 13.8 Å². The zero-order valence-corrected chi connectivity index (χ0v) is 19.3. The number of aromatic nitrogens is 1. The molecule has 1 aliphatic heterocycles. The minimum Gasteiger partial charge on any atom is -0.497 e. The topological polar surface area (TPSA) is 77.8 Å². The lowest BCUT2D eigenvalue weighted by molar-refractivity contribution is -0.156. The molecule has 2 heterocycles. The molecular formula is C23H26N2O5S. The van der Waals surface area contributed by atoms with Crippen molar-refractivity contribution in [2.45, 2.75) is 40.2 Å². The molecule has 2 amide bonds. The van der Waals surface area contributed by atoms with Crippen LogP contribution < -0.4 is 4.74 Å². The van der Waals surface area contributed by atoms with Gasteiger partial charge in [-0.25, -0.2) is 0 Å². The molecule has 0 saturated carbocycles. The predicted octanol–water partition coefficient (Wildman–Crippen LogP) is 4.48. The molecular weight excluding hydrogens is 416 g/mol. The number of thioether (sulfide) groups is 1. The minimum absolute atomic E-state index is 0.277. The molecule has 7 nitrogen and oxygen atoms in total. The van der Waals surface area contributed by atoms with Gasteiger partial charge < -0.3 is 14.0 Å². The lowest BCUT2D eigenvalue weighted by Gasteiger charge is -2.21. The minimum atomic E-state index is -0.688. The molecule has 1 saturated heterocycles. The summed E-state index contributed by atoms with van der Waals surface area (Å²) in [5.41, 5.74) is 2.97. The summed E-state index contributed by atoms with van der Waals surface area (Å²) in [6.45, 7) is 8.72. The van der Waals surface area contributed by atoms with Crippen molar-refractivity contribution in [3.05, 3.63) is 52.2 Å². The van der Waals surface area contributed by atoms with Crippen LogP contribution in [0.15, 0.2) is 35.2 Å². The van der Waals surface area contributed by atoms with Gasteiger partial charge in [0.25, 0.3) is 11.1 Å². The number of imide groups is 1. The summed E-state index contributed by atoms with van der Waals surface area (Å²) in [5, 5.41) is -0.483. The molecule has 2 aromatic rings. The molecule has 0 N–H and O–H groups in total. The second kappa shape index (κ2) is 8.63. The lowest BCUT2D eigenvalue weighted by Crippen LogP contribution is -2.37. The molecule has 1 aliphatic rings. The standard InChI is InChI=1S/C23H26N2O5S/c1-14-10-16(15(2)25(14)17-8-7-9-18(12-17)29-6)11-19-21(27)24(22(28)31-19)13-20(26)30-23(3,4)5/h7-12H,13H2,1-6H3. The van der Waals surface area contributed by atoms with Crippen LogP contribution in [0.3, 0.4) is 0 Å². The number of nitrogens with zero attached hydrogens (tertiary/aromatic N) is 2. The molecule has 1 fully saturated rings. The van der Waals surface area contributed by atoms with Crippen molar-refractivity contribution >= 4 is 35.0 Å². The van der Waals surface area contributed by atoms with E-state index in [1.807, 2.05) is 44.2 Å². The van der Waals surface area contributed by atoms with Gasteiger partial charge in [-0.05, 0) is 76.2 Å². The Morgan fingerprint density at radius 3 is 2.52 bits per heavy atom. The van der Waals surface area contributed by atoms with E-state index >= 15 is 0 Å². The van der Waals surface area contributed by atoms with Crippen LogP contribution in [0.25, 0.3) is 11.8 Å². The van der Waals surface area contributed by atoms with E-state index in [-0.39, 0.29) is 4.91 Å². The molecule has 0 spiro atoms. The highest BCUT2D eigenvalue weighted by molar-refractivity contribution is 8.18. The summed E-state index contributed by atoms with van der Waals surface area (Å²) < 4.78 is 12.6. The number of hydrogen-bond acceptors (Lipinski definition) is 6. The lowest BCUT2D eigenvalue weighted by atomic mass is 10.2. The third-order valence-corrected chi connectivity index (χ3v) is 5.56. The number of benzene rings is 1. The molecule has 8 heteroatoms. The van der Waals surface area contributed by atoms with Crippen molar-refractivity contribution in [2.75, 3.05) is 13.7 Å². The van der Waals surface area contributed by atoms with E-state index in [1.54, 1.807) is 34.0 Å². The van der Waals surface area contributed by atoms with Gasteiger partial charge in [-0.1, -0.05) is 6.07 Å². The molecule has 1 aromatic heterocycles. The number of hydrogen-bond donors (Lipinski definition) is 0. The quantitative estimate of drug-likeness (QED) is 0.502. The number of ether oxygens (including phenoxy) is 2. The van der Waals surface area contributed by atoms with Crippen molar-refractivity contribution in [1.82, 2.24) is 9.47 Å². The van der Waals surface area contributed by atoms with Gasteiger partial charge in [0.1, 0.15) is 17.9 Å². The van der Waals surface area contributed by atoms with Gasteiger partial charge in [0.15, 0.2) is 0 Å². The van der Waals surface area contributed by atoms with Gasteiger partial charge >= 0.3 is 5.97 Å². The number of rotatable bonds is 5. The second-order valence-electron chi connectivity index (χ2n) is 8.22. The average Bonchev–Trinajstić information content (AvgIpc) is 3.10. The maximum atomic E-state index is 12.8. The van der Waals surface area contributed by atoms with Crippen LogP contribution in [-0.2, 0) is 14.3 Å². The molecule has 0 aliphatic carbocycles. The summed E-state index contributed by atoms with van der Waals surface area (Å²) in [6.07, 6.45) is 1.69. The monoisotopic (exact) mass is 442 g/mol. The fourth-order valence-corrected chi connectivity index (χ4v) is 4.19. The number of methoxy groups -OCH3 is 1. The Labute approximate surface area is 186 Å². The van der Waals surface area contributed by atoms with E-state index in [9.17, 15) is 14.4 Å². The average molecular weight is 443 g/mol. The van der Waals surface area contributed by atoms with Crippen LogP contribution >= 0.6 is 11.8 Å². The van der Waals surface area contributed by atoms with E-state index in [4.69, 9.17) is 9.47 Å². The SMILES string of the molecule is COc1cccc(-n2c(C)cc(C=C3SC(=O)N(CC(=O)OC(C)(C)C)C3=O)c2C)c1. The van der Waals surface area contributed by atoms with Crippen molar-refractivity contribution in [3.63, 3.8) is 0 Å². The second-order valence-corrected chi connectivity index (χ2v) is 9.21. The van der Waals surface area contributed by atoms with E-state index in [0.29, 0.717) is 0 Å². The van der Waals surface area contributed by atoms with Gasteiger partial charge in [-0.3, -0.25) is 19.3 Å². The zero-order chi connectivity index (χ0) is 22.9. The molecule has 164 valence electrons.